The Morgan fingerprint density at radius 3 is 1.73 bits per heavy atom. The van der Waals surface area contributed by atoms with Gasteiger partial charge in [0.25, 0.3) is 0 Å². The molecular weight excluding hydrogens is 747 g/mol. The van der Waals surface area contributed by atoms with Crippen LogP contribution in [0.2, 0.25) is 39.3 Å². The van der Waals surface area contributed by atoms with Crippen LogP contribution in [0, 0.1) is 6.92 Å². The summed E-state index contributed by atoms with van der Waals surface area (Å²) >= 11 is 0. The molecule has 12 heteroatoms. The predicted molar refractivity (Wildman–Crippen MR) is 218 cm³/mol. The Balaban J connectivity index is 1.50. The molecule has 4 aromatic carbocycles. The van der Waals surface area contributed by atoms with E-state index in [0.717, 1.165) is 16.7 Å². The molecular formula is C43H51NO8SSi2. The smallest absolute Gasteiger partial charge is 0.338 e. The molecule has 0 aromatic heterocycles. The molecule has 2 fully saturated rings. The van der Waals surface area contributed by atoms with Crippen LogP contribution in [0.1, 0.15) is 57.2 Å². The zero-order valence-electron chi connectivity index (χ0n) is 33.0. The standard InChI is InChI=1S/C43H51NO8SSi2/c1-27-20-22-31(23-21-27)53(47,48)44-26-30-24-33(54(4,5)6)34(55(7,8)9)25-32(30)35-36(44)38-40(52-43(2,3)51-38)39(50-42(46)29-18-14-11-15-19-29)37(35)49-41(45)28-16-12-10-13-17-28/h10-25,35-40H,26H2,1-9H3/t35-,36-,37-,38+,39+,40+/m1/s1. The molecule has 0 unspecified atom stereocenters. The molecule has 290 valence electrons. The molecule has 0 spiro atoms. The summed E-state index contributed by atoms with van der Waals surface area (Å²) in [5.74, 6) is -3.21. The number of esters is 2. The van der Waals surface area contributed by atoms with Crippen molar-refractivity contribution in [2.75, 3.05) is 0 Å². The normalized spacial score (nSPS) is 25.0. The van der Waals surface area contributed by atoms with Crippen LogP contribution in [-0.2, 0) is 35.5 Å². The Labute approximate surface area is 327 Å². The van der Waals surface area contributed by atoms with E-state index in [4.69, 9.17) is 18.9 Å². The molecule has 1 aliphatic carbocycles. The lowest BCUT2D eigenvalue weighted by molar-refractivity contribution is -0.161. The third-order valence-electron chi connectivity index (χ3n) is 10.9. The van der Waals surface area contributed by atoms with E-state index in [0.29, 0.717) is 11.1 Å². The van der Waals surface area contributed by atoms with Crippen LogP contribution in [0.5, 0.6) is 0 Å². The molecule has 1 saturated carbocycles. The number of benzene rings is 4. The number of ether oxygens (including phenoxy) is 4. The minimum atomic E-state index is -4.17. The van der Waals surface area contributed by atoms with E-state index >= 15 is 8.42 Å². The largest absolute Gasteiger partial charge is 0.454 e. The van der Waals surface area contributed by atoms with Gasteiger partial charge in [-0.1, -0.05) is 116 Å². The topological polar surface area (TPSA) is 108 Å². The highest BCUT2D eigenvalue weighted by atomic mass is 32.2. The van der Waals surface area contributed by atoms with E-state index in [1.165, 1.54) is 14.7 Å². The summed E-state index contributed by atoms with van der Waals surface area (Å²) < 4.78 is 57.9. The van der Waals surface area contributed by atoms with Gasteiger partial charge in [-0.3, -0.25) is 0 Å². The minimum absolute atomic E-state index is 0.0804. The quantitative estimate of drug-likeness (QED) is 0.143. The van der Waals surface area contributed by atoms with Crippen LogP contribution in [0.3, 0.4) is 0 Å². The lowest BCUT2D eigenvalue weighted by atomic mass is 9.70. The summed E-state index contributed by atoms with van der Waals surface area (Å²) in [6, 6.07) is 27.7. The maximum atomic E-state index is 15.1. The van der Waals surface area contributed by atoms with Gasteiger partial charge in [0.05, 0.1) is 38.2 Å². The fraction of sp³-hybridized carbons (Fsp3) is 0.395. The number of rotatable bonds is 8. The first-order valence-corrected chi connectivity index (χ1v) is 27.3. The fourth-order valence-electron chi connectivity index (χ4n) is 8.35. The number of fused-ring (bicyclic) bond motifs is 5. The average molecular weight is 798 g/mol. The first-order chi connectivity index (χ1) is 25.8. The van der Waals surface area contributed by atoms with Crippen LogP contribution in [0.15, 0.2) is 102 Å². The van der Waals surface area contributed by atoms with Gasteiger partial charge in [0.1, 0.15) is 12.2 Å². The van der Waals surface area contributed by atoms with Crippen molar-refractivity contribution in [1.82, 2.24) is 4.31 Å². The van der Waals surface area contributed by atoms with Gasteiger partial charge in [0.15, 0.2) is 18.0 Å². The zero-order chi connectivity index (χ0) is 39.7. The van der Waals surface area contributed by atoms with Gasteiger partial charge < -0.3 is 18.9 Å². The monoisotopic (exact) mass is 797 g/mol. The molecule has 2 heterocycles. The van der Waals surface area contributed by atoms with Crippen LogP contribution >= 0.6 is 0 Å². The number of hydrogen-bond donors (Lipinski definition) is 0. The number of carbonyl (C=O) groups excluding carboxylic acids is 2. The Kier molecular flexibility index (Phi) is 10.2. The van der Waals surface area contributed by atoms with E-state index in [2.05, 4.69) is 51.4 Å². The highest BCUT2D eigenvalue weighted by Gasteiger charge is 2.65. The maximum absolute atomic E-state index is 15.1. The molecule has 3 aliphatic rings. The van der Waals surface area contributed by atoms with E-state index < -0.39 is 80.3 Å². The second kappa shape index (κ2) is 14.2. The number of carbonyl (C=O) groups is 2. The Morgan fingerprint density at radius 2 is 1.20 bits per heavy atom. The predicted octanol–water partition coefficient (Wildman–Crippen LogP) is 6.73. The Morgan fingerprint density at radius 1 is 0.709 bits per heavy atom. The van der Waals surface area contributed by atoms with E-state index in [9.17, 15) is 9.59 Å². The molecule has 0 bridgehead atoms. The third-order valence-corrected chi connectivity index (χ3v) is 17.1. The summed E-state index contributed by atoms with van der Waals surface area (Å²) in [6.07, 6.45) is -4.19. The molecule has 9 nitrogen and oxygen atoms in total. The van der Waals surface area contributed by atoms with Gasteiger partial charge in [-0.05, 0) is 68.3 Å². The van der Waals surface area contributed by atoms with E-state index in [1.807, 2.05) is 19.1 Å². The van der Waals surface area contributed by atoms with Crippen molar-refractivity contribution in [3.63, 3.8) is 0 Å². The van der Waals surface area contributed by atoms with E-state index in [-0.39, 0.29) is 11.4 Å². The van der Waals surface area contributed by atoms with Gasteiger partial charge in [-0.2, -0.15) is 4.31 Å². The van der Waals surface area contributed by atoms with Gasteiger partial charge in [0, 0.05) is 12.5 Å². The zero-order valence-corrected chi connectivity index (χ0v) is 35.8. The first-order valence-electron chi connectivity index (χ1n) is 18.9. The molecule has 7 rings (SSSR count). The number of hydrogen-bond acceptors (Lipinski definition) is 8. The molecule has 4 aromatic rings. The Bertz CT molecular complexity index is 2200. The molecule has 0 amide bonds. The van der Waals surface area contributed by atoms with Crippen molar-refractivity contribution in [2.45, 2.75) is 114 Å². The highest BCUT2D eigenvalue weighted by Crippen LogP contribution is 2.51. The maximum Gasteiger partial charge on any atom is 0.338 e. The lowest BCUT2D eigenvalue weighted by Crippen LogP contribution is -2.68. The van der Waals surface area contributed by atoms with E-state index in [1.54, 1.807) is 86.6 Å². The van der Waals surface area contributed by atoms with Crippen LogP contribution in [0.25, 0.3) is 0 Å². The number of sulfonamides is 1. The summed E-state index contributed by atoms with van der Waals surface area (Å²) in [5.41, 5.74) is 3.28. The van der Waals surface area contributed by atoms with Crippen molar-refractivity contribution >= 4 is 48.5 Å². The van der Waals surface area contributed by atoms with Gasteiger partial charge in [-0.15, -0.1) is 0 Å². The molecule has 6 atom stereocenters. The van der Waals surface area contributed by atoms with Crippen molar-refractivity contribution in [3.8, 4) is 0 Å². The lowest BCUT2D eigenvalue weighted by Gasteiger charge is -2.52. The van der Waals surface area contributed by atoms with Gasteiger partial charge in [0.2, 0.25) is 10.0 Å². The van der Waals surface area contributed by atoms with Gasteiger partial charge in [-0.25, -0.2) is 18.0 Å². The number of nitrogens with zero attached hydrogens (tertiary/aromatic N) is 1. The highest BCUT2D eigenvalue weighted by molar-refractivity contribution is 7.89. The minimum Gasteiger partial charge on any atom is -0.454 e. The van der Waals surface area contributed by atoms with Crippen LogP contribution in [0.4, 0.5) is 0 Å². The molecule has 55 heavy (non-hydrogen) atoms. The molecule has 1 saturated heterocycles. The number of aryl methyl sites for hydroxylation is 1. The summed E-state index contributed by atoms with van der Waals surface area (Å²) in [4.78, 5) is 28.3. The third kappa shape index (κ3) is 7.52. The van der Waals surface area contributed by atoms with Crippen molar-refractivity contribution in [1.29, 1.82) is 0 Å². The van der Waals surface area contributed by atoms with Crippen molar-refractivity contribution in [3.05, 3.63) is 125 Å². The van der Waals surface area contributed by atoms with Crippen molar-refractivity contribution in [2.24, 2.45) is 0 Å². The second-order valence-electron chi connectivity index (χ2n) is 17.5. The Hall–Kier alpha value is -3.92. The molecule has 0 radical (unpaired) electrons. The molecule has 0 N–H and O–H groups in total. The fourth-order valence-corrected chi connectivity index (χ4v) is 15.2. The SMILES string of the molecule is Cc1ccc(S(=O)(=O)N2Cc3cc([Si](C)(C)C)c([Si](C)(C)C)cc3[C@H]3[C@@H](OC(=O)c4ccccc4)[C@H](OC(=O)c4ccccc4)[C@H]4OC(C)(C)O[C@H]4[C@@H]32)cc1. The molecule has 2 aliphatic heterocycles. The summed E-state index contributed by atoms with van der Waals surface area (Å²) in [5, 5.41) is 2.58. The summed E-state index contributed by atoms with van der Waals surface area (Å²) in [6.45, 7) is 19.4. The van der Waals surface area contributed by atoms with Crippen LogP contribution in [-0.4, -0.2) is 77.1 Å². The van der Waals surface area contributed by atoms with Gasteiger partial charge >= 0.3 is 11.9 Å². The van der Waals surface area contributed by atoms with Crippen LogP contribution < -0.4 is 10.4 Å². The van der Waals surface area contributed by atoms with Crippen molar-refractivity contribution < 1.29 is 37.0 Å². The summed E-state index contributed by atoms with van der Waals surface area (Å²) in [7, 11) is -8.14. The average Bonchev–Trinajstić information content (AvgIpc) is 3.46. The second-order valence-corrected chi connectivity index (χ2v) is 29.5. The first kappa shape index (κ1) is 39.3.